The average Bonchev–Trinajstić information content (AvgIpc) is 2.56. The number of anilines is 1. The number of aromatic nitrogens is 2. The van der Waals surface area contributed by atoms with Gasteiger partial charge in [-0.05, 0) is 31.2 Å². The molecule has 0 bridgehead atoms. The highest BCUT2D eigenvalue weighted by Crippen LogP contribution is 2.21. The van der Waals surface area contributed by atoms with E-state index in [0.717, 1.165) is 11.8 Å². The number of methoxy groups -OCH3 is 1. The Morgan fingerprint density at radius 1 is 1.36 bits per heavy atom. The molecule has 2 aromatic rings. The number of carbonyl (C=O) groups excluding carboxylic acids is 2. The molecule has 25 heavy (non-hydrogen) atoms. The van der Waals surface area contributed by atoms with Crippen molar-refractivity contribution in [1.82, 2.24) is 9.97 Å². The van der Waals surface area contributed by atoms with Gasteiger partial charge >= 0.3 is 5.97 Å². The van der Waals surface area contributed by atoms with Crippen molar-refractivity contribution in [1.29, 1.82) is 0 Å². The second kappa shape index (κ2) is 8.68. The molecule has 1 heterocycles. The Kier molecular flexibility index (Phi) is 6.60. The van der Waals surface area contributed by atoms with Gasteiger partial charge in [0.15, 0.2) is 5.16 Å². The van der Waals surface area contributed by atoms with Gasteiger partial charge in [0.25, 0.3) is 5.56 Å². The maximum absolute atomic E-state index is 12.2. The molecule has 132 valence electrons. The third-order valence-electron chi connectivity index (χ3n) is 3.10. The van der Waals surface area contributed by atoms with Crippen molar-refractivity contribution in [2.24, 2.45) is 0 Å². The predicted molar refractivity (Wildman–Crippen MR) is 96.0 cm³/mol. The van der Waals surface area contributed by atoms with Crippen LogP contribution in [-0.4, -0.2) is 34.2 Å². The van der Waals surface area contributed by atoms with E-state index in [1.165, 1.54) is 13.2 Å². The zero-order valence-electron chi connectivity index (χ0n) is 13.5. The molecular formula is C16H16ClN3O4S. The molecule has 0 aliphatic carbocycles. The van der Waals surface area contributed by atoms with Crippen LogP contribution in [0.15, 0.2) is 40.3 Å². The Morgan fingerprint density at radius 3 is 2.68 bits per heavy atom. The molecule has 1 amide bonds. The molecule has 7 nitrogen and oxygen atoms in total. The molecule has 0 radical (unpaired) electrons. The molecule has 0 fully saturated rings. The number of hydrogen-bond acceptors (Lipinski definition) is 6. The number of rotatable bonds is 6. The highest BCUT2D eigenvalue weighted by Gasteiger charge is 2.17. The first-order valence-electron chi connectivity index (χ1n) is 7.27. The number of nitrogens with zero attached hydrogens (tertiary/aromatic N) is 1. The molecule has 0 saturated carbocycles. The lowest BCUT2D eigenvalue weighted by Crippen LogP contribution is -2.23. The lowest BCUT2D eigenvalue weighted by Gasteiger charge is -2.12. The van der Waals surface area contributed by atoms with Crippen molar-refractivity contribution in [3.05, 3.63) is 51.4 Å². The summed E-state index contributed by atoms with van der Waals surface area (Å²) in [6, 6.07) is 7.94. The largest absolute Gasteiger partial charge is 0.469 e. The Labute approximate surface area is 153 Å². The van der Waals surface area contributed by atoms with Crippen LogP contribution in [0.5, 0.6) is 0 Å². The van der Waals surface area contributed by atoms with Gasteiger partial charge in [0.1, 0.15) is 0 Å². The van der Waals surface area contributed by atoms with Gasteiger partial charge in [-0.25, -0.2) is 4.98 Å². The Bertz CT molecular complexity index is 823. The molecule has 2 rings (SSSR count). The van der Waals surface area contributed by atoms with E-state index in [4.69, 9.17) is 11.6 Å². The highest BCUT2D eigenvalue weighted by molar-refractivity contribution is 8.00. The van der Waals surface area contributed by atoms with Crippen molar-refractivity contribution >= 4 is 40.9 Å². The van der Waals surface area contributed by atoms with Crippen LogP contribution < -0.4 is 10.9 Å². The van der Waals surface area contributed by atoms with Crippen LogP contribution >= 0.6 is 23.4 Å². The zero-order valence-corrected chi connectivity index (χ0v) is 15.1. The molecule has 0 spiro atoms. The van der Waals surface area contributed by atoms with E-state index in [9.17, 15) is 14.4 Å². The number of hydrogen-bond donors (Lipinski definition) is 2. The molecule has 1 atom stereocenters. The maximum atomic E-state index is 12.2. The fraction of sp³-hybridized carbons (Fsp3) is 0.250. The van der Waals surface area contributed by atoms with Gasteiger partial charge in [0.2, 0.25) is 5.91 Å². The van der Waals surface area contributed by atoms with Crippen LogP contribution in [0.3, 0.4) is 0 Å². The van der Waals surface area contributed by atoms with Crippen LogP contribution in [-0.2, 0) is 20.7 Å². The van der Waals surface area contributed by atoms with Gasteiger partial charge < -0.3 is 15.0 Å². The summed E-state index contributed by atoms with van der Waals surface area (Å²) < 4.78 is 4.56. The first kappa shape index (κ1) is 19.0. The van der Waals surface area contributed by atoms with Crippen LogP contribution in [0, 0.1) is 0 Å². The standard InChI is InChI=1S/C16H16ClN3O4S/c1-9(15(23)18-11-5-3-10(17)4-6-11)25-16-19-12(7-13(21)20-16)8-14(22)24-2/h3-7,9H,8H2,1-2H3,(H,18,23)(H,19,20,21). The van der Waals surface area contributed by atoms with Gasteiger partial charge in [-0.2, -0.15) is 0 Å². The molecule has 0 aliphatic rings. The van der Waals surface area contributed by atoms with Crippen molar-refractivity contribution in [3.63, 3.8) is 0 Å². The van der Waals surface area contributed by atoms with E-state index in [2.05, 4.69) is 20.0 Å². The highest BCUT2D eigenvalue weighted by atomic mass is 35.5. The minimum absolute atomic E-state index is 0.112. The maximum Gasteiger partial charge on any atom is 0.311 e. The third kappa shape index (κ3) is 5.91. The van der Waals surface area contributed by atoms with Gasteiger partial charge in [-0.15, -0.1) is 0 Å². The van der Waals surface area contributed by atoms with Gasteiger partial charge in [-0.3, -0.25) is 14.4 Å². The van der Waals surface area contributed by atoms with Gasteiger partial charge in [-0.1, -0.05) is 23.4 Å². The second-order valence-corrected chi connectivity index (χ2v) is 6.82. The normalized spacial score (nSPS) is 11.6. The van der Waals surface area contributed by atoms with E-state index in [0.29, 0.717) is 10.7 Å². The summed E-state index contributed by atoms with van der Waals surface area (Å²) in [7, 11) is 1.26. The van der Waals surface area contributed by atoms with E-state index in [-0.39, 0.29) is 23.2 Å². The quantitative estimate of drug-likeness (QED) is 0.452. The van der Waals surface area contributed by atoms with Crippen LogP contribution in [0.1, 0.15) is 12.6 Å². The summed E-state index contributed by atoms with van der Waals surface area (Å²) in [5.41, 5.74) is 0.493. The number of nitrogens with one attached hydrogen (secondary N) is 2. The minimum Gasteiger partial charge on any atom is -0.469 e. The molecular weight excluding hydrogens is 366 g/mol. The number of esters is 1. The number of ether oxygens (including phenoxy) is 1. The molecule has 1 aromatic carbocycles. The summed E-state index contributed by atoms with van der Waals surface area (Å²) in [6.45, 7) is 1.68. The first-order chi connectivity index (χ1) is 11.9. The lowest BCUT2D eigenvalue weighted by molar-refractivity contribution is -0.139. The third-order valence-corrected chi connectivity index (χ3v) is 4.33. The summed E-state index contributed by atoms with van der Waals surface area (Å²) in [5.74, 6) is -0.754. The number of halogens is 1. The second-order valence-electron chi connectivity index (χ2n) is 5.05. The summed E-state index contributed by atoms with van der Waals surface area (Å²) in [6.07, 6.45) is -0.112. The van der Waals surface area contributed by atoms with E-state index < -0.39 is 16.8 Å². The number of carbonyl (C=O) groups is 2. The van der Waals surface area contributed by atoms with Gasteiger partial charge in [0.05, 0.1) is 24.5 Å². The van der Waals surface area contributed by atoms with E-state index in [1.54, 1.807) is 31.2 Å². The van der Waals surface area contributed by atoms with E-state index >= 15 is 0 Å². The van der Waals surface area contributed by atoms with Crippen LogP contribution in [0.25, 0.3) is 0 Å². The first-order valence-corrected chi connectivity index (χ1v) is 8.53. The summed E-state index contributed by atoms with van der Waals surface area (Å²) >= 11 is 6.88. The number of H-pyrrole nitrogens is 1. The smallest absolute Gasteiger partial charge is 0.311 e. The Hall–Kier alpha value is -2.32. The van der Waals surface area contributed by atoms with Gasteiger partial charge in [0, 0.05) is 16.8 Å². The molecule has 1 aromatic heterocycles. The molecule has 0 saturated heterocycles. The Balaban J connectivity index is 2.04. The number of thioether (sulfide) groups is 1. The number of aromatic amines is 1. The SMILES string of the molecule is COC(=O)Cc1cc(=O)[nH]c(SC(C)C(=O)Nc2ccc(Cl)cc2)n1. The van der Waals surface area contributed by atoms with E-state index in [1.807, 2.05) is 0 Å². The number of amides is 1. The molecule has 0 aliphatic heterocycles. The van der Waals surface area contributed by atoms with Crippen molar-refractivity contribution in [2.75, 3.05) is 12.4 Å². The van der Waals surface area contributed by atoms with Crippen LogP contribution in [0.4, 0.5) is 5.69 Å². The summed E-state index contributed by atoms with van der Waals surface area (Å²) in [4.78, 5) is 41.9. The average molecular weight is 382 g/mol. The lowest BCUT2D eigenvalue weighted by atomic mass is 10.3. The van der Waals surface area contributed by atoms with Crippen LogP contribution in [0.2, 0.25) is 5.02 Å². The summed E-state index contributed by atoms with van der Waals surface area (Å²) in [5, 5.41) is 3.05. The van der Waals surface area contributed by atoms with Crippen molar-refractivity contribution in [2.45, 2.75) is 23.8 Å². The van der Waals surface area contributed by atoms with Crippen molar-refractivity contribution in [3.8, 4) is 0 Å². The molecule has 1 unspecified atom stereocenters. The molecule has 9 heteroatoms. The monoisotopic (exact) mass is 381 g/mol. The fourth-order valence-corrected chi connectivity index (χ4v) is 2.80. The van der Waals surface area contributed by atoms with Crippen molar-refractivity contribution < 1.29 is 14.3 Å². The fourth-order valence-electron chi connectivity index (χ4n) is 1.85. The zero-order chi connectivity index (χ0) is 18.4. The number of benzene rings is 1. The minimum atomic E-state index is -0.521. The molecule has 2 N–H and O–H groups in total. The Morgan fingerprint density at radius 2 is 2.04 bits per heavy atom. The topological polar surface area (TPSA) is 101 Å². The predicted octanol–water partition coefficient (Wildman–Crippen LogP) is 2.26.